The van der Waals surface area contributed by atoms with E-state index in [-0.39, 0.29) is 18.0 Å². The quantitative estimate of drug-likeness (QED) is 0.473. The molecule has 0 aliphatic heterocycles. The van der Waals surface area contributed by atoms with E-state index in [1.807, 2.05) is 44.2 Å². The predicted octanol–water partition coefficient (Wildman–Crippen LogP) is 3.67. The van der Waals surface area contributed by atoms with E-state index in [0.717, 1.165) is 17.4 Å². The molecule has 0 unspecified atom stereocenters. The van der Waals surface area contributed by atoms with Crippen LogP contribution in [0, 0.1) is 26.6 Å². The first-order valence-electron chi connectivity index (χ1n) is 9.42. The zero-order valence-corrected chi connectivity index (χ0v) is 17.8. The molecular formula is C21H24FN5O2S. The number of benzene rings is 2. The number of aryl methyl sites for hydroxylation is 3. The van der Waals surface area contributed by atoms with Crippen LogP contribution in [-0.2, 0) is 10.0 Å². The summed E-state index contributed by atoms with van der Waals surface area (Å²) in [6.45, 7) is 5.84. The summed E-state index contributed by atoms with van der Waals surface area (Å²) in [6.07, 6.45) is 0. The lowest BCUT2D eigenvalue weighted by Gasteiger charge is -2.12. The monoisotopic (exact) mass is 429 g/mol. The summed E-state index contributed by atoms with van der Waals surface area (Å²) >= 11 is 0. The number of hydrogen-bond acceptors (Lipinski definition) is 6. The Morgan fingerprint density at radius 1 is 0.933 bits per heavy atom. The SMILES string of the molecule is Cc1ccc(Nc2cc(C)nc(NCCNS(=O)(=O)c3ccc(F)cc3C)n2)cc1. The Kier molecular flexibility index (Phi) is 6.63. The molecule has 3 rings (SSSR count). The molecule has 7 nitrogen and oxygen atoms in total. The van der Waals surface area contributed by atoms with Gasteiger partial charge in [-0.1, -0.05) is 17.7 Å². The van der Waals surface area contributed by atoms with E-state index in [1.54, 1.807) is 6.92 Å². The van der Waals surface area contributed by atoms with Gasteiger partial charge >= 0.3 is 0 Å². The van der Waals surface area contributed by atoms with Crippen LogP contribution in [0.15, 0.2) is 53.4 Å². The number of anilines is 3. The standard InChI is InChI=1S/C21H24FN5O2S/c1-14-4-7-18(8-5-14)26-20-13-16(3)25-21(27-20)23-10-11-24-30(28,29)19-9-6-17(22)12-15(19)2/h4-9,12-13,24H,10-11H2,1-3H3,(H2,23,25,26,27). The summed E-state index contributed by atoms with van der Waals surface area (Å²) in [5.74, 6) is 0.554. The minimum atomic E-state index is -3.73. The molecule has 30 heavy (non-hydrogen) atoms. The molecule has 0 bridgehead atoms. The number of sulfonamides is 1. The molecule has 158 valence electrons. The van der Waals surface area contributed by atoms with Crippen LogP contribution in [0.1, 0.15) is 16.8 Å². The summed E-state index contributed by atoms with van der Waals surface area (Å²) in [5.41, 5.74) is 3.20. The fourth-order valence-electron chi connectivity index (χ4n) is 2.85. The van der Waals surface area contributed by atoms with Crippen molar-refractivity contribution in [3.63, 3.8) is 0 Å². The summed E-state index contributed by atoms with van der Waals surface area (Å²) in [5, 5.41) is 6.25. The maximum absolute atomic E-state index is 13.2. The normalized spacial score (nSPS) is 11.3. The minimum absolute atomic E-state index is 0.0558. The number of aromatic nitrogens is 2. The van der Waals surface area contributed by atoms with Crippen molar-refractivity contribution in [2.45, 2.75) is 25.7 Å². The van der Waals surface area contributed by atoms with Crippen LogP contribution in [0.25, 0.3) is 0 Å². The van der Waals surface area contributed by atoms with Crippen molar-refractivity contribution in [3.05, 3.63) is 71.2 Å². The second kappa shape index (κ2) is 9.19. The van der Waals surface area contributed by atoms with Gasteiger partial charge in [-0.15, -0.1) is 0 Å². The van der Waals surface area contributed by atoms with Crippen molar-refractivity contribution in [2.75, 3.05) is 23.7 Å². The lowest BCUT2D eigenvalue weighted by molar-refractivity contribution is 0.581. The number of nitrogens with zero attached hydrogens (tertiary/aromatic N) is 2. The Hall–Kier alpha value is -3.04. The number of nitrogens with one attached hydrogen (secondary N) is 3. The molecule has 0 aliphatic carbocycles. The fraction of sp³-hybridized carbons (Fsp3) is 0.238. The third-order valence-electron chi connectivity index (χ3n) is 4.30. The van der Waals surface area contributed by atoms with E-state index in [2.05, 4.69) is 25.3 Å². The molecule has 0 amide bonds. The van der Waals surface area contributed by atoms with Gasteiger partial charge in [0.05, 0.1) is 4.90 Å². The molecule has 0 saturated carbocycles. The fourth-order valence-corrected chi connectivity index (χ4v) is 4.10. The first-order valence-corrected chi connectivity index (χ1v) is 10.9. The van der Waals surface area contributed by atoms with Gasteiger partial charge in [-0.25, -0.2) is 22.5 Å². The summed E-state index contributed by atoms with van der Waals surface area (Å²) < 4.78 is 40.5. The second-order valence-electron chi connectivity index (χ2n) is 6.94. The molecule has 9 heteroatoms. The van der Waals surface area contributed by atoms with Crippen molar-refractivity contribution < 1.29 is 12.8 Å². The van der Waals surface area contributed by atoms with Crippen molar-refractivity contribution >= 4 is 27.5 Å². The Morgan fingerprint density at radius 2 is 1.67 bits per heavy atom. The molecule has 3 aromatic rings. The van der Waals surface area contributed by atoms with Crippen LogP contribution in [0.3, 0.4) is 0 Å². The van der Waals surface area contributed by atoms with E-state index in [9.17, 15) is 12.8 Å². The summed E-state index contributed by atoms with van der Waals surface area (Å²) in [7, 11) is -3.73. The van der Waals surface area contributed by atoms with Crippen LogP contribution in [0.2, 0.25) is 0 Å². The molecule has 0 saturated heterocycles. The van der Waals surface area contributed by atoms with Crippen LogP contribution >= 0.6 is 0 Å². The predicted molar refractivity (Wildman–Crippen MR) is 116 cm³/mol. The van der Waals surface area contributed by atoms with Crippen LogP contribution in [-0.4, -0.2) is 31.5 Å². The molecule has 0 fully saturated rings. The lowest BCUT2D eigenvalue weighted by Crippen LogP contribution is -2.29. The average molecular weight is 430 g/mol. The first kappa shape index (κ1) is 21.7. The Balaban J connectivity index is 1.59. The molecule has 0 spiro atoms. The topological polar surface area (TPSA) is 96.0 Å². The molecule has 1 heterocycles. The maximum Gasteiger partial charge on any atom is 0.240 e. The van der Waals surface area contributed by atoms with E-state index < -0.39 is 15.8 Å². The van der Waals surface area contributed by atoms with Crippen molar-refractivity contribution in [1.29, 1.82) is 0 Å². The van der Waals surface area contributed by atoms with E-state index in [0.29, 0.717) is 17.3 Å². The minimum Gasteiger partial charge on any atom is -0.353 e. The van der Waals surface area contributed by atoms with Gasteiger partial charge in [0.1, 0.15) is 11.6 Å². The van der Waals surface area contributed by atoms with Crippen molar-refractivity contribution in [2.24, 2.45) is 0 Å². The molecular weight excluding hydrogens is 405 g/mol. The van der Waals surface area contributed by atoms with Gasteiger partial charge in [0.15, 0.2) is 0 Å². The van der Waals surface area contributed by atoms with Crippen LogP contribution in [0.4, 0.5) is 21.8 Å². The van der Waals surface area contributed by atoms with Gasteiger partial charge < -0.3 is 10.6 Å². The number of hydrogen-bond donors (Lipinski definition) is 3. The molecule has 2 aromatic carbocycles. The van der Waals surface area contributed by atoms with Crippen LogP contribution in [0.5, 0.6) is 0 Å². The molecule has 3 N–H and O–H groups in total. The maximum atomic E-state index is 13.2. The van der Waals surface area contributed by atoms with Crippen molar-refractivity contribution in [1.82, 2.24) is 14.7 Å². The summed E-state index contributed by atoms with van der Waals surface area (Å²) in [6, 6.07) is 13.3. The van der Waals surface area contributed by atoms with E-state index in [1.165, 1.54) is 17.7 Å². The highest BCUT2D eigenvalue weighted by Crippen LogP contribution is 2.18. The van der Waals surface area contributed by atoms with E-state index >= 15 is 0 Å². The van der Waals surface area contributed by atoms with Gasteiger partial charge in [-0.2, -0.15) is 4.98 Å². The zero-order chi connectivity index (χ0) is 21.7. The van der Waals surface area contributed by atoms with Gasteiger partial charge in [0.2, 0.25) is 16.0 Å². The molecule has 0 atom stereocenters. The highest BCUT2D eigenvalue weighted by Gasteiger charge is 2.16. The smallest absolute Gasteiger partial charge is 0.240 e. The van der Waals surface area contributed by atoms with Crippen molar-refractivity contribution in [3.8, 4) is 0 Å². The third-order valence-corrected chi connectivity index (χ3v) is 5.93. The average Bonchev–Trinajstić information content (AvgIpc) is 2.66. The lowest BCUT2D eigenvalue weighted by atomic mass is 10.2. The number of halogens is 1. The van der Waals surface area contributed by atoms with Gasteiger partial charge in [0.25, 0.3) is 0 Å². The third kappa shape index (κ3) is 5.74. The Morgan fingerprint density at radius 3 is 2.37 bits per heavy atom. The molecule has 0 radical (unpaired) electrons. The molecule has 0 aliphatic rings. The largest absolute Gasteiger partial charge is 0.353 e. The first-order chi connectivity index (χ1) is 14.2. The Bertz CT molecular complexity index is 1130. The second-order valence-corrected chi connectivity index (χ2v) is 8.68. The summed E-state index contributed by atoms with van der Waals surface area (Å²) in [4.78, 5) is 8.80. The van der Waals surface area contributed by atoms with E-state index in [4.69, 9.17) is 0 Å². The number of rotatable bonds is 8. The zero-order valence-electron chi connectivity index (χ0n) is 17.0. The highest BCUT2D eigenvalue weighted by molar-refractivity contribution is 7.89. The van der Waals surface area contributed by atoms with Gasteiger partial charge in [0, 0.05) is 30.5 Å². The molecule has 1 aromatic heterocycles. The Labute approximate surface area is 175 Å². The van der Waals surface area contributed by atoms with Gasteiger partial charge in [-0.05, 0) is 56.7 Å². The van der Waals surface area contributed by atoms with Crippen LogP contribution < -0.4 is 15.4 Å². The van der Waals surface area contributed by atoms with Gasteiger partial charge in [-0.3, -0.25) is 0 Å². The highest BCUT2D eigenvalue weighted by atomic mass is 32.2.